The monoisotopic (exact) mass is 1120 g/mol. The van der Waals surface area contributed by atoms with E-state index in [9.17, 15) is 14.4 Å². The van der Waals surface area contributed by atoms with Gasteiger partial charge in [0.1, 0.15) is 13.2 Å². The first-order chi connectivity index (χ1) is 40.0. The summed E-state index contributed by atoms with van der Waals surface area (Å²) in [4.78, 5) is 38.3. The third-order valence-corrected chi connectivity index (χ3v) is 14.4. The van der Waals surface area contributed by atoms with Crippen LogP contribution < -0.4 is 0 Å². The lowest BCUT2D eigenvalue weighted by Crippen LogP contribution is -2.30. The van der Waals surface area contributed by atoms with E-state index in [4.69, 9.17) is 14.2 Å². The van der Waals surface area contributed by atoms with Crippen LogP contribution in [0.25, 0.3) is 0 Å². The lowest BCUT2D eigenvalue weighted by molar-refractivity contribution is -0.166. The van der Waals surface area contributed by atoms with Gasteiger partial charge in [0.15, 0.2) is 6.10 Å². The van der Waals surface area contributed by atoms with Crippen molar-refractivity contribution in [3.05, 3.63) is 122 Å². The van der Waals surface area contributed by atoms with Crippen molar-refractivity contribution in [2.45, 2.75) is 322 Å². The molecule has 0 spiro atoms. The minimum Gasteiger partial charge on any atom is -0.462 e. The van der Waals surface area contributed by atoms with Crippen LogP contribution in [0.15, 0.2) is 122 Å². The summed E-state index contributed by atoms with van der Waals surface area (Å²) in [5.41, 5.74) is 0. The molecule has 0 rings (SSSR count). The zero-order valence-electron chi connectivity index (χ0n) is 53.0. The number of hydrogen-bond acceptors (Lipinski definition) is 6. The van der Waals surface area contributed by atoms with Gasteiger partial charge in [-0.15, -0.1) is 0 Å². The summed E-state index contributed by atoms with van der Waals surface area (Å²) in [5.74, 6) is -0.979. The predicted molar refractivity (Wildman–Crippen MR) is 353 cm³/mol. The van der Waals surface area contributed by atoms with E-state index in [0.29, 0.717) is 19.3 Å². The summed E-state index contributed by atoms with van der Waals surface area (Å²) in [7, 11) is 0. The van der Waals surface area contributed by atoms with Crippen molar-refractivity contribution in [3.8, 4) is 0 Å². The molecule has 1 unspecified atom stereocenters. The van der Waals surface area contributed by atoms with Crippen LogP contribution in [0.2, 0.25) is 0 Å². The molecule has 0 amide bonds. The Bertz CT molecular complexity index is 1670. The normalized spacial score (nSPS) is 12.9. The summed E-state index contributed by atoms with van der Waals surface area (Å²) >= 11 is 0. The van der Waals surface area contributed by atoms with Crippen LogP contribution in [0.1, 0.15) is 316 Å². The van der Waals surface area contributed by atoms with Gasteiger partial charge in [0.25, 0.3) is 0 Å². The molecular weight excluding hydrogens is 997 g/mol. The lowest BCUT2D eigenvalue weighted by Gasteiger charge is -2.18. The third-order valence-electron chi connectivity index (χ3n) is 14.4. The Labute approximate surface area is 501 Å². The van der Waals surface area contributed by atoms with Gasteiger partial charge in [0.05, 0.1) is 0 Å². The van der Waals surface area contributed by atoms with Gasteiger partial charge in [-0.05, 0) is 116 Å². The summed E-state index contributed by atoms with van der Waals surface area (Å²) in [5, 5.41) is 0. The van der Waals surface area contributed by atoms with E-state index >= 15 is 0 Å². The summed E-state index contributed by atoms with van der Waals surface area (Å²) in [6.07, 6.45) is 95.3. The molecule has 0 bridgehead atoms. The Morgan fingerprint density at radius 3 is 0.840 bits per heavy atom. The summed E-state index contributed by atoms with van der Waals surface area (Å²) in [6, 6.07) is 0. The van der Waals surface area contributed by atoms with Crippen LogP contribution in [0.4, 0.5) is 0 Å². The third kappa shape index (κ3) is 66.5. The molecule has 1 atom stereocenters. The number of esters is 3. The summed E-state index contributed by atoms with van der Waals surface area (Å²) in [6.45, 7) is 6.37. The maximum absolute atomic E-state index is 12.9. The molecule has 0 saturated heterocycles. The van der Waals surface area contributed by atoms with Crippen molar-refractivity contribution in [2.24, 2.45) is 0 Å². The van der Waals surface area contributed by atoms with E-state index in [1.165, 1.54) is 173 Å². The molecule has 6 nitrogen and oxygen atoms in total. The van der Waals surface area contributed by atoms with Crippen LogP contribution in [0.5, 0.6) is 0 Å². The molecule has 0 aliphatic rings. The van der Waals surface area contributed by atoms with E-state index in [1.807, 2.05) is 6.08 Å². The quantitative estimate of drug-likeness (QED) is 0.0261. The van der Waals surface area contributed by atoms with Gasteiger partial charge in [-0.2, -0.15) is 0 Å². The fraction of sp³-hybridized carbons (Fsp3) is 0.693. The largest absolute Gasteiger partial charge is 0.462 e. The fourth-order valence-corrected chi connectivity index (χ4v) is 9.42. The topological polar surface area (TPSA) is 78.9 Å². The zero-order chi connectivity index (χ0) is 58.5. The molecule has 0 N–H and O–H groups in total. The molecule has 0 heterocycles. The number of allylic oxidation sites excluding steroid dienone is 20. The Hall–Kier alpha value is -4.19. The molecule has 0 aromatic rings. The first-order valence-electron chi connectivity index (χ1n) is 34.0. The van der Waals surface area contributed by atoms with Gasteiger partial charge in [0, 0.05) is 19.3 Å². The SMILES string of the molecule is CC/C=C\C/C=C\C/C=C\C/C=C\C/C=C\CCCCCCCCCCCCCCCCCC(=O)OCC(COC(=O)CC/C=C\C/C=C\C/C=C\C/C=C\CC)OC(=O)CCCCCCCCCCC/C=C\CCCCCCCC. The number of ether oxygens (including phenoxy) is 3. The Kier molecular flexibility index (Phi) is 64.8. The van der Waals surface area contributed by atoms with E-state index in [-0.39, 0.29) is 37.5 Å². The maximum Gasteiger partial charge on any atom is 0.306 e. The highest BCUT2D eigenvalue weighted by atomic mass is 16.6. The molecule has 0 radical (unpaired) electrons. The van der Waals surface area contributed by atoms with Gasteiger partial charge in [-0.25, -0.2) is 0 Å². The van der Waals surface area contributed by atoms with Crippen LogP contribution in [0.3, 0.4) is 0 Å². The van der Waals surface area contributed by atoms with Crippen LogP contribution in [-0.4, -0.2) is 37.2 Å². The smallest absolute Gasteiger partial charge is 0.306 e. The predicted octanol–water partition coefficient (Wildman–Crippen LogP) is 23.6. The number of unbranched alkanes of at least 4 members (excludes halogenated alkanes) is 30. The van der Waals surface area contributed by atoms with E-state index in [0.717, 1.165) is 96.3 Å². The Morgan fingerprint density at radius 1 is 0.259 bits per heavy atom. The van der Waals surface area contributed by atoms with Crippen molar-refractivity contribution in [2.75, 3.05) is 13.2 Å². The van der Waals surface area contributed by atoms with E-state index < -0.39 is 6.10 Å². The summed E-state index contributed by atoms with van der Waals surface area (Å²) < 4.78 is 16.9. The minimum atomic E-state index is -0.810. The van der Waals surface area contributed by atoms with Crippen molar-refractivity contribution >= 4 is 17.9 Å². The van der Waals surface area contributed by atoms with Gasteiger partial charge in [-0.3, -0.25) is 14.4 Å². The highest BCUT2D eigenvalue weighted by Crippen LogP contribution is 2.17. The van der Waals surface area contributed by atoms with Crippen molar-refractivity contribution in [1.29, 1.82) is 0 Å². The number of rotatable bonds is 61. The van der Waals surface area contributed by atoms with Crippen molar-refractivity contribution in [3.63, 3.8) is 0 Å². The second-order valence-corrected chi connectivity index (χ2v) is 22.3. The zero-order valence-corrected chi connectivity index (χ0v) is 53.0. The molecule has 0 aromatic heterocycles. The highest BCUT2D eigenvalue weighted by molar-refractivity contribution is 5.71. The first kappa shape index (κ1) is 76.8. The van der Waals surface area contributed by atoms with Gasteiger partial charge < -0.3 is 14.2 Å². The van der Waals surface area contributed by atoms with Crippen LogP contribution in [0, 0.1) is 0 Å². The Morgan fingerprint density at radius 2 is 0.506 bits per heavy atom. The molecular formula is C75H126O6. The van der Waals surface area contributed by atoms with Crippen molar-refractivity contribution < 1.29 is 28.6 Å². The standard InChI is InChI=1S/C75H126O6/c1-4-7-10-13-16-19-22-25-27-29-31-32-33-34-35-36-37-38-39-40-41-42-44-45-47-50-53-56-59-62-65-68-74(77)80-71-72(70-79-73(76)67-64-61-58-55-52-49-24-21-18-15-12-9-6-3)81-75(78)69-66-63-60-57-54-51-48-46-43-30-28-26-23-20-17-14-11-8-5-2/h7,9-10,12,16,18-19,21,25-28,31-32,34-35,49,52,58,61,72H,4-6,8,11,13-15,17,20,22-24,29-30,33,36-48,50-51,53-57,59-60,62-71H2,1-3H3/b10-7-,12-9-,19-16-,21-18-,27-25-,28-26-,32-31-,35-34-,52-49-,61-58-. The molecule has 0 aliphatic heterocycles. The second kappa shape index (κ2) is 68.3. The molecule has 0 fully saturated rings. The molecule has 0 saturated carbocycles. The number of carbonyl (C=O) groups is 3. The highest BCUT2D eigenvalue weighted by Gasteiger charge is 2.19. The average Bonchev–Trinajstić information content (AvgIpc) is 3.46. The molecule has 0 aliphatic carbocycles. The van der Waals surface area contributed by atoms with E-state index in [2.05, 4.69) is 136 Å². The van der Waals surface area contributed by atoms with Crippen LogP contribution >= 0.6 is 0 Å². The number of carbonyl (C=O) groups excluding carboxylic acids is 3. The van der Waals surface area contributed by atoms with Crippen LogP contribution in [-0.2, 0) is 28.6 Å². The molecule has 6 heteroatoms. The number of hydrogen-bond donors (Lipinski definition) is 0. The van der Waals surface area contributed by atoms with Gasteiger partial charge in [0.2, 0.25) is 0 Å². The fourth-order valence-electron chi connectivity index (χ4n) is 9.42. The second-order valence-electron chi connectivity index (χ2n) is 22.3. The van der Waals surface area contributed by atoms with E-state index in [1.54, 1.807) is 0 Å². The molecule has 0 aromatic carbocycles. The van der Waals surface area contributed by atoms with Gasteiger partial charge >= 0.3 is 17.9 Å². The maximum atomic E-state index is 12.9. The first-order valence-corrected chi connectivity index (χ1v) is 34.0. The van der Waals surface area contributed by atoms with Gasteiger partial charge in [-0.1, -0.05) is 303 Å². The molecule has 462 valence electrons. The average molecular weight is 1120 g/mol. The minimum absolute atomic E-state index is 0.101. The molecule has 81 heavy (non-hydrogen) atoms. The Balaban J connectivity index is 4.27. The lowest BCUT2D eigenvalue weighted by atomic mass is 10.0. The van der Waals surface area contributed by atoms with Crippen molar-refractivity contribution in [1.82, 2.24) is 0 Å².